The van der Waals surface area contributed by atoms with Crippen molar-refractivity contribution in [1.29, 1.82) is 0 Å². The molecule has 2 aromatic carbocycles. The lowest BCUT2D eigenvalue weighted by atomic mass is 10.1. The van der Waals surface area contributed by atoms with Crippen molar-refractivity contribution in [2.75, 3.05) is 14.2 Å². The standard InChI is InChI=1S/C17H17BrN2O4/c1-10-6-4-5-7-12(10)17(22)20-19-16(21)11-8-13(23-2)15(18)14(9-11)24-3/h4-9H,1-3H3,(H,19,21)(H,20,22). The van der Waals surface area contributed by atoms with Crippen LogP contribution in [0, 0.1) is 6.92 Å². The number of hydrogen-bond donors (Lipinski definition) is 2. The van der Waals surface area contributed by atoms with Crippen LogP contribution in [0.1, 0.15) is 26.3 Å². The Hall–Kier alpha value is -2.54. The molecule has 2 amide bonds. The zero-order valence-corrected chi connectivity index (χ0v) is 15.1. The van der Waals surface area contributed by atoms with Crippen molar-refractivity contribution >= 4 is 27.7 Å². The first kappa shape index (κ1) is 17.8. The van der Waals surface area contributed by atoms with E-state index in [4.69, 9.17) is 9.47 Å². The molecule has 0 saturated carbocycles. The average molecular weight is 393 g/mol. The molecule has 0 aliphatic rings. The van der Waals surface area contributed by atoms with Gasteiger partial charge in [-0.1, -0.05) is 18.2 Å². The molecule has 6 nitrogen and oxygen atoms in total. The molecule has 2 N–H and O–H groups in total. The van der Waals surface area contributed by atoms with E-state index in [2.05, 4.69) is 26.8 Å². The van der Waals surface area contributed by atoms with Crippen molar-refractivity contribution in [2.45, 2.75) is 6.92 Å². The Morgan fingerprint density at radius 1 is 0.958 bits per heavy atom. The lowest BCUT2D eigenvalue weighted by Crippen LogP contribution is -2.41. The zero-order valence-electron chi connectivity index (χ0n) is 13.5. The molecule has 0 heterocycles. The lowest BCUT2D eigenvalue weighted by Gasteiger charge is -2.12. The predicted molar refractivity (Wildman–Crippen MR) is 93.4 cm³/mol. The van der Waals surface area contributed by atoms with Crippen molar-refractivity contribution in [3.63, 3.8) is 0 Å². The Morgan fingerprint density at radius 2 is 1.50 bits per heavy atom. The number of carbonyl (C=O) groups excluding carboxylic acids is 2. The highest BCUT2D eigenvalue weighted by atomic mass is 79.9. The highest BCUT2D eigenvalue weighted by Gasteiger charge is 2.16. The summed E-state index contributed by atoms with van der Waals surface area (Å²) in [6.45, 7) is 1.82. The van der Waals surface area contributed by atoms with Crippen molar-refractivity contribution in [3.05, 3.63) is 57.6 Å². The first-order valence-electron chi connectivity index (χ1n) is 7.05. The van der Waals surface area contributed by atoms with Crippen LogP contribution in [-0.2, 0) is 0 Å². The van der Waals surface area contributed by atoms with Gasteiger partial charge >= 0.3 is 0 Å². The molecule has 0 unspecified atom stereocenters. The summed E-state index contributed by atoms with van der Waals surface area (Å²) < 4.78 is 11.0. The van der Waals surface area contributed by atoms with Crippen LogP contribution in [-0.4, -0.2) is 26.0 Å². The molecule has 0 bridgehead atoms. The number of rotatable bonds is 4. The summed E-state index contributed by atoms with van der Waals surface area (Å²) in [5, 5.41) is 0. The van der Waals surface area contributed by atoms with E-state index in [-0.39, 0.29) is 5.56 Å². The Kier molecular flexibility index (Phi) is 5.81. The van der Waals surface area contributed by atoms with E-state index in [1.165, 1.54) is 14.2 Å². The largest absolute Gasteiger partial charge is 0.495 e. The Balaban J connectivity index is 2.13. The summed E-state index contributed by atoms with van der Waals surface area (Å²) in [6.07, 6.45) is 0. The van der Waals surface area contributed by atoms with Gasteiger partial charge in [-0.25, -0.2) is 0 Å². The quantitative estimate of drug-likeness (QED) is 0.784. The van der Waals surface area contributed by atoms with Gasteiger partial charge in [0.1, 0.15) is 16.0 Å². The van der Waals surface area contributed by atoms with E-state index in [0.29, 0.717) is 21.5 Å². The SMILES string of the molecule is COc1cc(C(=O)NNC(=O)c2ccccc2C)cc(OC)c1Br. The minimum Gasteiger partial charge on any atom is -0.495 e. The number of nitrogens with one attached hydrogen (secondary N) is 2. The van der Waals surface area contributed by atoms with Crippen LogP contribution in [0.3, 0.4) is 0 Å². The third-order valence-electron chi connectivity index (χ3n) is 3.39. The molecular formula is C17H17BrN2O4. The van der Waals surface area contributed by atoms with Gasteiger partial charge < -0.3 is 9.47 Å². The van der Waals surface area contributed by atoms with Gasteiger partial charge in [0, 0.05) is 11.1 Å². The van der Waals surface area contributed by atoms with Gasteiger partial charge in [-0.2, -0.15) is 0 Å². The monoisotopic (exact) mass is 392 g/mol. The molecule has 0 aliphatic carbocycles. The molecule has 0 aliphatic heterocycles. The molecule has 0 radical (unpaired) electrons. The summed E-state index contributed by atoms with van der Waals surface area (Å²) in [5.74, 6) is 0.0213. The second-order valence-corrected chi connectivity index (χ2v) is 5.71. The normalized spacial score (nSPS) is 10.0. The third kappa shape index (κ3) is 3.86. The highest BCUT2D eigenvalue weighted by molar-refractivity contribution is 9.10. The topological polar surface area (TPSA) is 76.7 Å². The summed E-state index contributed by atoms with van der Waals surface area (Å²) >= 11 is 3.33. The molecule has 0 atom stereocenters. The van der Waals surface area contributed by atoms with Gasteiger partial charge in [0.2, 0.25) is 0 Å². The van der Waals surface area contributed by atoms with Gasteiger partial charge in [-0.15, -0.1) is 0 Å². The fourth-order valence-corrected chi connectivity index (χ4v) is 2.63. The second-order valence-electron chi connectivity index (χ2n) is 4.92. The first-order valence-corrected chi connectivity index (χ1v) is 7.85. The van der Waals surface area contributed by atoms with E-state index in [1.54, 1.807) is 24.3 Å². The molecular weight excluding hydrogens is 376 g/mol. The zero-order chi connectivity index (χ0) is 17.7. The lowest BCUT2D eigenvalue weighted by molar-refractivity contribution is 0.0846. The average Bonchev–Trinajstić information content (AvgIpc) is 2.59. The number of ether oxygens (including phenoxy) is 2. The van der Waals surface area contributed by atoms with E-state index in [0.717, 1.165) is 5.56 Å². The number of hydrazine groups is 1. The summed E-state index contributed by atoms with van der Waals surface area (Å²) in [6, 6.07) is 10.2. The van der Waals surface area contributed by atoms with E-state index in [9.17, 15) is 9.59 Å². The second kappa shape index (κ2) is 7.83. The van der Waals surface area contributed by atoms with Gasteiger partial charge in [0.05, 0.1) is 14.2 Å². The maximum absolute atomic E-state index is 12.3. The molecule has 0 saturated heterocycles. The van der Waals surface area contributed by atoms with E-state index >= 15 is 0 Å². The number of aryl methyl sites for hydroxylation is 1. The van der Waals surface area contributed by atoms with Crippen LogP contribution in [0.4, 0.5) is 0 Å². The number of hydrogen-bond acceptors (Lipinski definition) is 4. The molecule has 0 fully saturated rings. The molecule has 2 aromatic rings. The highest BCUT2D eigenvalue weighted by Crippen LogP contribution is 2.35. The maximum atomic E-state index is 12.3. The van der Waals surface area contributed by atoms with Gasteiger partial charge in [0.25, 0.3) is 11.8 Å². The summed E-state index contributed by atoms with van der Waals surface area (Å²) in [5.41, 5.74) is 6.37. The Bertz CT molecular complexity index is 752. The molecule has 7 heteroatoms. The number of methoxy groups -OCH3 is 2. The van der Waals surface area contributed by atoms with Crippen molar-refractivity contribution in [1.82, 2.24) is 10.9 Å². The predicted octanol–water partition coefficient (Wildman–Crippen LogP) is 2.85. The summed E-state index contributed by atoms with van der Waals surface area (Å²) in [4.78, 5) is 24.4. The smallest absolute Gasteiger partial charge is 0.269 e. The van der Waals surface area contributed by atoms with Gasteiger partial charge in [0.15, 0.2) is 0 Å². The molecule has 0 spiro atoms. The first-order chi connectivity index (χ1) is 11.5. The van der Waals surface area contributed by atoms with E-state index in [1.807, 2.05) is 19.1 Å². The van der Waals surface area contributed by atoms with Crippen molar-refractivity contribution < 1.29 is 19.1 Å². The molecule has 0 aromatic heterocycles. The van der Waals surface area contributed by atoms with Gasteiger partial charge in [-0.05, 0) is 46.6 Å². The minimum absolute atomic E-state index is 0.289. The van der Waals surface area contributed by atoms with Crippen LogP contribution in [0.15, 0.2) is 40.9 Å². The number of halogens is 1. The minimum atomic E-state index is -0.485. The van der Waals surface area contributed by atoms with Crippen LogP contribution in [0.2, 0.25) is 0 Å². The number of benzene rings is 2. The number of amides is 2. The third-order valence-corrected chi connectivity index (χ3v) is 4.17. The number of carbonyl (C=O) groups is 2. The summed E-state index contributed by atoms with van der Waals surface area (Å²) in [7, 11) is 2.97. The van der Waals surface area contributed by atoms with Crippen LogP contribution in [0.5, 0.6) is 11.5 Å². The Labute approximate surface area is 148 Å². The van der Waals surface area contributed by atoms with Crippen LogP contribution >= 0.6 is 15.9 Å². The fraction of sp³-hybridized carbons (Fsp3) is 0.176. The maximum Gasteiger partial charge on any atom is 0.269 e. The van der Waals surface area contributed by atoms with Gasteiger partial charge in [-0.3, -0.25) is 20.4 Å². The fourth-order valence-electron chi connectivity index (χ4n) is 2.08. The van der Waals surface area contributed by atoms with Crippen molar-refractivity contribution in [2.24, 2.45) is 0 Å². The Morgan fingerprint density at radius 3 is 2.04 bits per heavy atom. The molecule has 126 valence electrons. The van der Waals surface area contributed by atoms with Crippen LogP contribution < -0.4 is 20.3 Å². The molecule has 2 rings (SSSR count). The van der Waals surface area contributed by atoms with E-state index < -0.39 is 11.8 Å². The van der Waals surface area contributed by atoms with Crippen LogP contribution in [0.25, 0.3) is 0 Å². The van der Waals surface area contributed by atoms with Crippen molar-refractivity contribution in [3.8, 4) is 11.5 Å². The molecule has 24 heavy (non-hydrogen) atoms.